The lowest BCUT2D eigenvalue weighted by Crippen LogP contribution is -2.56. The van der Waals surface area contributed by atoms with Gasteiger partial charge in [0.05, 0.1) is 0 Å². The summed E-state index contributed by atoms with van der Waals surface area (Å²) in [6, 6.07) is 4.91. The first-order chi connectivity index (χ1) is 9.49. The molecule has 1 aromatic heterocycles. The monoisotopic (exact) mass is 296 g/mol. The highest BCUT2D eigenvalue weighted by Crippen LogP contribution is 2.30. The van der Waals surface area contributed by atoms with Crippen molar-refractivity contribution in [2.75, 3.05) is 13.6 Å². The van der Waals surface area contributed by atoms with Crippen LogP contribution in [-0.4, -0.2) is 30.1 Å². The Bertz CT molecular complexity index is 357. The fraction of sp³-hybridized carbons (Fsp3) is 0.765. The molecule has 0 radical (unpaired) electrons. The molecule has 20 heavy (non-hydrogen) atoms. The van der Waals surface area contributed by atoms with Crippen LogP contribution in [0, 0.1) is 5.92 Å². The lowest BCUT2D eigenvalue weighted by Gasteiger charge is -2.45. The van der Waals surface area contributed by atoms with E-state index in [1.807, 2.05) is 11.3 Å². The molecule has 1 rings (SSSR count). The van der Waals surface area contributed by atoms with E-state index in [2.05, 4.69) is 57.2 Å². The smallest absolute Gasteiger partial charge is 0.0331 e. The van der Waals surface area contributed by atoms with Crippen molar-refractivity contribution in [2.24, 2.45) is 11.7 Å². The standard InChI is InChI=1S/C17H32N2S/c1-6-14(3)12-17(7-2,13-18)19(5)15(4)11-16-9-8-10-20-16/h8-10,14-15H,6-7,11-13,18H2,1-5H3. The molecular weight excluding hydrogens is 264 g/mol. The third-order valence-corrected chi connectivity index (χ3v) is 5.85. The van der Waals surface area contributed by atoms with Crippen LogP contribution in [0.3, 0.4) is 0 Å². The van der Waals surface area contributed by atoms with Crippen molar-refractivity contribution < 1.29 is 0 Å². The molecule has 0 fully saturated rings. The molecule has 0 saturated heterocycles. The van der Waals surface area contributed by atoms with E-state index in [0.717, 1.165) is 25.3 Å². The largest absolute Gasteiger partial charge is 0.329 e. The van der Waals surface area contributed by atoms with Gasteiger partial charge in [0.25, 0.3) is 0 Å². The van der Waals surface area contributed by atoms with Gasteiger partial charge in [-0.3, -0.25) is 4.90 Å². The number of hydrogen-bond donors (Lipinski definition) is 1. The molecule has 2 N–H and O–H groups in total. The first kappa shape index (κ1) is 17.7. The maximum absolute atomic E-state index is 6.19. The molecule has 0 aliphatic carbocycles. The van der Waals surface area contributed by atoms with Gasteiger partial charge in [-0.25, -0.2) is 0 Å². The summed E-state index contributed by atoms with van der Waals surface area (Å²) in [4.78, 5) is 4.01. The van der Waals surface area contributed by atoms with E-state index in [1.54, 1.807) is 0 Å². The molecular formula is C17H32N2S. The SMILES string of the molecule is CCC(C)CC(CC)(CN)N(C)C(C)Cc1cccs1. The lowest BCUT2D eigenvalue weighted by molar-refractivity contribution is 0.0583. The molecule has 2 nitrogen and oxygen atoms in total. The molecule has 3 heteroatoms. The summed E-state index contributed by atoms with van der Waals surface area (Å²) in [6.07, 6.45) is 4.67. The van der Waals surface area contributed by atoms with E-state index in [4.69, 9.17) is 5.73 Å². The van der Waals surface area contributed by atoms with Crippen molar-refractivity contribution in [3.05, 3.63) is 22.4 Å². The normalized spacial score (nSPS) is 17.9. The predicted octanol–water partition coefficient (Wildman–Crippen LogP) is 4.15. The number of likely N-dealkylation sites (N-methyl/N-ethyl adjacent to an activating group) is 1. The molecule has 0 aliphatic heterocycles. The highest BCUT2D eigenvalue weighted by atomic mass is 32.1. The Kier molecular flexibility index (Phi) is 7.21. The van der Waals surface area contributed by atoms with Crippen molar-refractivity contribution in [3.63, 3.8) is 0 Å². The third kappa shape index (κ3) is 4.31. The molecule has 0 aliphatic rings. The quantitative estimate of drug-likeness (QED) is 0.741. The average Bonchev–Trinajstić information content (AvgIpc) is 2.96. The van der Waals surface area contributed by atoms with E-state index in [0.29, 0.717) is 6.04 Å². The van der Waals surface area contributed by atoms with E-state index in [1.165, 1.54) is 17.7 Å². The Morgan fingerprint density at radius 1 is 1.35 bits per heavy atom. The minimum atomic E-state index is 0.145. The Morgan fingerprint density at radius 3 is 2.50 bits per heavy atom. The second-order valence-electron chi connectivity index (χ2n) is 6.24. The van der Waals surface area contributed by atoms with E-state index < -0.39 is 0 Å². The lowest BCUT2D eigenvalue weighted by atomic mass is 9.82. The molecule has 3 unspecified atom stereocenters. The van der Waals surface area contributed by atoms with E-state index in [9.17, 15) is 0 Å². The van der Waals surface area contributed by atoms with E-state index in [-0.39, 0.29) is 5.54 Å². The van der Waals surface area contributed by atoms with Crippen LogP contribution in [0.15, 0.2) is 17.5 Å². The second kappa shape index (κ2) is 8.16. The highest BCUT2D eigenvalue weighted by molar-refractivity contribution is 7.09. The third-order valence-electron chi connectivity index (χ3n) is 4.95. The zero-order valence-corrected chi connectivity index (χ0v) is 14.7. The van der Waals surface area contributed by atoms with Crippen LogP contribution in [0.2, 0.25) is 0 Å². The van der Waals surface area contributed by atoms with Gasteiger partial charge in [0.15, 0.2) is 0 Å². The minimum Gasteiger partial charge on any atom is -0.329 e. The zero-order valence-electron chi connectivity index (χ0n) is 13.9. The summed E-state index contributed by atoms with van der Waals surface area (Å²) in [5.41, 5.74) is 6.34. The van der Waals surface area contributed by atoms with Crippen LogP contribution in [0.5, 0.6) is 0 Å². The maximum Gasteiger partial charge on any atom is 0.0331 e. The molecule has 0 amide bonds. The van der Waals surface area contributed by atoms with Crippen LogP contribution in [0.1, 0.15) is 51.8 Å². The Hall–Kier alpha value is -0.380. The molecule has 116 valence electrons. The van der Waals surface area contributed by atoms with Gasteiger partial charge in [0.1, 0.15) is 0 Å². The number of nitrogens with two attached hydrogens (primary N) is 1. The van der Waals surface area contributed by atoms with Gasteiger partial charge in [-0.15, -0.1) is 11.3 Å². The molecule has 0 spiro atoms. The van der Waals surface area contributed by atoms with Crippen LogP contribution in [-0.2, 0) is 6.42 Å². The Morgan fingerprint density at radius 2 is 2.05 bits per heavy atom. The van der Waals surface area contributed by atoms with E-state index >= 15 is 0 Å². The molecule has 3 atom stereocenters. The van der Waals surface area contributed by atoms with Crippen molar-refractivity contribution >= 4 is 11.3 Å². The van der Waals surface area contributed by atoms with Crippen molar-refractivity contribution in [1.82, 2.24) is 4.90 Å². The Labute approximate surface area is 129 Å². The van der Waals surface area contributed by atoms with Gasteiger partial charge in [-0.05, 0) is 50.6 Å². The number of rotatable bonds is 9. The topological polar surface area (TPSA) is 29.3 Å². The minimum absolute atomic E-state index is 0.145. The van der Waals surface area contributed by atoms with Gasteiger partial charge in [0, 0.05) is 23.0 Å². The van der Waals surface area contributed by atoms with Gasteiger partial charge >= 0.3 is 0 Å². The summed E-state index contributed by atoms with van der Waals surface area (Å²) >= 11 is 1.85. The highest BCUT2D eigenvalue weighted by Gasteiger charge is 2.35. The fourth-order valence-electron chi connectivity index (χ4n) is 3.03. The average molecular weight is 297 g/mol. The second-order valence-corrected chi connectivity index (χ2v) is 7.28. The molecule has 0 bridgehead atoms. The summed E-state index contributed by atoms with van der Waals surface area (Å²) in [6.45, 7) is 9.98. The molecule has 1 heterocycles. The summed E-state index contributed by atoms with van der Waals surface area (Å²) in [5, 5.41) is 2.16. The zero-order chi connectivity index (χ0) is 15.2. The van der Waals surface area contributed by atoms with Gasteiger partial charge < -0.3 is 5.73 Å². The van der Waals surface area contributed by atoms with Gasteiger partial charge in [-0.1, -0.05) is 33.3 Å². The van der Waals surface area contributed by atoms with Crippen molar-refractivity contribution in [2.45, 2.75) is 65.0 Å². The fourth-order valence-corrected chi connectivity index (χ4v) is 3.85. The van der Waals surface area contributed by atoms with Crippen LogP contribution < -0.4 is 5.73 Å². The number of hydrogen-bond acceptors (Lipinski definition) is 3. The van der Waals surface area contributed by atoms with Crippen LogP contribution in [0.25, 0.3) is 0 Å². The van der Waals surface area contributed by atoms with Crippen molar-refractivity contribution in [1.29, 1.82) is 0 Å². The van der Waals surface area contributed by atoms with Crippen LogP contribution >= 0.6 is 11.3 Å². The van der Waals surface area contributed by atoms with Gasteiger partial charge in [0.2, 0.25) is 0 Å². The summed E-state index contributed by atoms with van der Waals surface area (Å²) < 4.78 is 0. The maximum atomic E-state index is 6.19. The molecule has 0 aromatic carbocycles. The predicted molar refractivity (Wildman–Crippen MR) is 91.4 cm³/mol. The molecule has 0 saturated carbocycles. The van der Waals surface area contributed by atoms with Gasteiger partial charge in [-0.2, -0.15) is 0 Å². The van der Waals surface area contributed by atoms with Crippen molar-refractivity contribution in [3.8, 4) is 0 Å². The molecule has 1 aromatic rings. The first-order valence-electron chi connectivity index (χ1n) is 7.94. The summed E-state index contributed by atoms with van der Waals surface area (Å²) in [7, 11) is 2.26. The number of thiophene rings is 1. The van der Waals surface area contributed by atoms with Crippen LogP contribution in [0.4, 0.5) is 0 Å². The first-order valence-corrected chi connectivity index (χ1v) is 8.82. The summed E-state index contributed by atoms with van der Waals surface area (Å²) in [5.74, 6) is 0.731. The number of nitrogens with zero attached hydrogens (tertiary/aromatic N) is 1. The Balaban J connectivity index is 2.78.